The van der Waals surface area contributed by atoms with Crippen LogP contribution in [0.15, 0.2) is 47.9 Å². The molecule has 11 nitrogen and oxygen atoms in total. The Kier molecular flexibility index (Phi) is 8.29. The lowest BCUT2D eigenvalue weighted by molar-refractivity contribution is -0.141. The molecule has 5 aliphatic rings. The Morgan fingerprint density at radius 3 is 2.19 bits per heavy atom. The van der Waals surface area contributed by atoms with Crippen LogP contribution in [0.1, 0.15) is 85.5 Å². The summed E-state index contributed by atoms with van der Waals surface area (Å²) in [5.74, 6) is -2.48. The Labute approximate surface area is 277 Å². The van der Waals surface area contributed by atoms with Gasteiger partial charge >= 0.3 is 6.09 Å². The van der Waals surface area contributed by atoms with Crippen molar-refractivity contribution in [2.24, 2.45) is 28.1 Å². The zero-order valence-corrected chi connectivity index (χ0v) is 28.7. The predicted octanol–water partition coefficient (Wildman–Crippen LogP) is 4.04. The van der Waals surface area contributed by atoms with Crippen LogP contribution in [0.2, 0.25) is 0 Å². The summed E-state index contributed by atoms with van der Waals surface area (Å²) in [6, 6.07) is 5.74. The summed E-state index contributed by atoms with van der Waals surface area (Å²) in [4.78, 5) is 56.8. The molecule has 1 aromatic carbocycles. The number of carbonyl (C=O) groups is 4. The molecular weight excluding hydrogens is 620 g/mol. The van der Waals surface area contributed by atoms with E-state index in [1.807, 2.05) is 13.8 Å². The standard InChI is InChI=1S/C35H48N4O7S/c1-6-23-19-35(23,30(42)38-47(44,45)25-15-8-7-9-16-25)37-28(40)26-20-34(32(4,5)33(34)17-12-18-33)21-39(26)29(41)27(22(2)3)36-31(43)46-24-13-10-11-14-24/h6-9,15-16,22-24,26-27H,1,10-14,17-21H2,2-5H3,(H,36,43)(H,37,40)(H,38,42)/t23-,26+,27+,34-,35-/m1/s1. The Hall–Kier alpha value is -3.41. The predicted molar refractivity (Wildman–Crippen MR) is 174 cm³/mol. The van der Waals surface area contributed by atoms with E-state index < -0.39 is 51.5 Å². The quantitative estimate of drug-likeness (QED) is 0.319. The lowest BCUT2D eigenvalue weighted by atomic mass is 9.73. The van der Waals surface area contributed by atoms with Gasteiger partial charge in [-0.2, -0.15) is 0 Å². The second-order valence-electron chi connectivity index (χ2n) is 15.3. The fraction of sp³-hybridized carbons (Fsp3) is 0.657. The van der Waals surface area contributed by atoms with Gasteiger partial charge in [0.1, 0.15) is 23.7 Å². The number of hydrogen-bond acceptors (Lipinski definition) is 7. The maximum Gasteiger partial charge on any atom is 0.408 e. The average molecular weight is 669 g/mol. The largest absolute Gasteiger partial charge is 0.446 e. The summed E-state index contributed by atoms with van der Waals surface area (Å²) in [6.45, 7) is 12.3. The third-order valence-corrected chi connectivity index (χ3v) is 13.9. The van der Waals surface area contributed by atoms with Crippen LogP contribution in [0.4, 0.5) is 4.79 Å². The highest BCUT2D eigenvalue weighted by Gasteiger charge is 2.85. The number of hydrogen-bond donors (Lipinski definition) is 3. The molecule has 47 heavy (non-hydrogen) atoms. The molecule has 4 aliphatic carbocycles. The molecule has 2 spiro atoms. The van der Waals surface area contributed by atoms with E-state index in [9.17, 15) is 27.6 Å². The zero-order valence-electron chi connectivity index (χ0n) is 27.8. The summed E-state index contributed by atoms with van der Waals surface area (Å²) < 4.78 is 33.9. The van der Waals surface area contributed by atoms with Crippen LogP contribution >= 0.6 is 0 Å². The van der Waals surface area contributed by atoms with E-state index in [-0.39, 0.29) is 45.5 Å². The Morgan fingerprint density at radius 1 is 1.00 bits per heavy atom. The first-order valence-corrected chi connectivity index (χ1v) is 18.5. The third kappa shape index (κ3) is 5.25. The number of alkyl carbamates (subject to hydrolysis) is 1. The monoisotopic (exact) mass is 668 g/mol. The van der Waals surface area contributed by atoms with Gasteiger partial charge in [-0.05, 0) is 80.2 Å². The minimum atomic E-state index is -4.19. The molecule has 256 valence electrons. The first kappa shape index (κ1) is 33.5. The number of carbonyl (C=O) groups excluding carboxylic acids is 4. The van der Waals surface area contributed by atoms with Crippen LogP contribution in [-0.2, 0) is 29.1 Å². The fourth-order valence-electron chi connectivity index (χ4n) is 9.28. The van der Waals surface area contributed by atoms with Crippen molar-refractivity contribution in [2.75, 3.05) is 6.54 Å². The lowest BCUT2D eigenvalue weighted by Crippen LogP contribution is -2.59. The molecule has 1 heterocycles. The van der Waals surface area contributed by atoms with Gasteiger partial charge in [-0.25, -0.2) is 17.9 Å². The van der Waals surface area contributed by atoms with Crippen LogP contribution in [0.3, 0.4) is 0 Å². The van der Waals surface area contributed by atoms with Gasteiger partial charge in [0.05, 0.1) is 4.90 Å². The average Bonchev–Trinajstić information content (AvgIpc) is 3.49. The summed E-state index contributed by atoms with van der Waals surface area (Å²) >= 11 is 0. The first-order valence-electron chi connectivity index (χ1n) is 17.0. The highest BCUT2D eigenvalue weighted by Crippen LogP contribution is 2.88. The van der Waals surface area contributed by atoms with E-state index in [1.54, 1.807) is 23.1 Å². The van der Waals surface area contributed by atoms with Gasteiger partial charge in [0.2, 0.25) is 11.8 Å². The van der Waals surface area contributed by atoms with E-state index in [0.717, 1.165) is 44.9 Å². The van der Waals surface area contributed by atoms with Crippen LogP contribution in [-0.4, -0.2) is 67.4 Å². The number of benzene rings is 1. The van der Waals surface area contributed by atoms with Crippen LogP contribution < -0.4 is 15.4 Å². The molecule has 5 fully saturated rings. The minimum absolute atomic E-state index is 0.0256. The molecule has 1 aliphatic heterocycles. The van der Waals surface area contributed by atoms with Crippen LogP contribution in [0.25, 0.3) is 0 Å². The van der Waals surface area contributed by atoms with Crippen molar-refractivity contribution in [3.63, 3.8) is 0 Å². The van der Waals surface area contributed by atoms with Crippen LogP contribution in [0.5, 0.6) is 0 Å². The maximum atomic E-state index is 14.4. The van der Waals surface area contributed by atoms with Gasteiger partial charge in [-0.1, -0.05) is 58.4 Å². The molecule has 5 atom stereocenters. The van der Waals surface area contributed by atoms with E-state index in [0.29, 0.717) is 13.0 Å². The summed E-state index contributed by atoms with van der Waals surface area (Å²) in [6.07, 6.45) is 8.09. The number of nitrogens with one attached hydrogen (secondary N) is 3. The molecule has 1 aromatic rings. The van der Waals surface area contributed by atoms with Crippen molar-refractivity contribution in [2.45, 2.75) is 114 Å². The lowest BCUT2D eigenvalue weighted by Gasteiger charge is -2.32. The minimum Gasteiger partial charge on any atom is -0.446 e. The molecule has 0 radical (unpaired) electrons. The molecular formula is C35H48N4O7S. The van der Waals surface area contributed by atoms with Crippen molar-refractivity contribution >= 4 is 33.8 Å². The van der Waals surface area contributed by atoms with Gasteiger partial charge in [0, 0.05) is 17.9 Å². The van der Waals surface area contributed by atoms with Crippen molar-refractivity contribution in [3.8, 4) is 0 Å². The smallest absolute Gasteiger partial charge is 0.408 e. The zero-order chi connectivity index (χ0) is 34.0. The molecule has 0 bridgehead atoms. The van der Waals surface area contributed by atoms with E-state index in [2.05, 4.69) is 35.8 Å². The van der Waals surface area contributed by atoms with Crippen molar-refractivity contribution in [1.29, 1.82) is 0 Å². The highest BCUT2D eigenvalue weighted by atomic mass is 32.2. The molecule has 6 rings (SSSR count). The van der Waals surface area contributed by atoms with Crippen molar-refractivity contribution < 1.29 is 32.3 Å². The van der Waals surface area contributed by atoms with Crippen molar-refractivity contribution in [1.82, 2.24) is 20.3 Å². The third-order valence-electron chi connectivity index (χ3n) is 12.5. The summed E-state index contributed by atoms with van der Waals surface area (Å²) in [7, 11) is -4.19. The Morgan fingerprint density at radius 2 is 1.66 bits per heavy atom. The second-order valence-corrected chi connectivity index (χ2v) is 16.9. The van der Waals surface area contributed by atoms with Crippen LogP contribution in [0, 0.1) is 28.1 Å². The molecule has 3 N–H and O–H groups in total. The summed E-state index contributed by atoms with van der Waals surface area (Å²) in [5.41, 5.74) is -1.87. The number of sulfonamides is 1. The normalized spacial score (nSPS) is 30.8. The highest BCUT2D eigenvalue weighted by molar-refractivity contribution is 7.90. The van der Waals surface area contributed by atoms with Gasteiger partial charge in [0.25, 0.3) is 15.9 Å². The number of nitrogens with zero attached hydrogens (tertiary/aromatic N) is 1. The molecule has 4 amide bonds. The Bertz CT molecular complexity index is 1570. The fourth-order valence-corrected chi connectivity index (χ4v) is 10.3. The molecule has 4 saturated carbocycles. The van der Waals surface area contributed by atoms with Gasteiger partial charge < -0.3 is 20.3 Å². The Balaban J connectivity index is 1.25. The summed E-state index contributed by atoms with van der Waals surface area (Å²) in [5, 5.41) is 5.69. The molecule has 0 unspecified atom stereocenters. The van der Waals surface area contributed by atoms with Gasteiger partial charge in [-0.15, -0.1) is 6.58 Å². The number of ether oxygens (including phenoxy) is 1. The number of rotatable bonds is 10. The number of likely N-dealkylation sites (tertiary alicyclic amines) is 1. The van der Waals surface area contributed by atoms with E-state index in [1.165, 1.54) is 18.2 Å². The molecule has 1 saturated heterocycles. The topological polar surface area (TPSA) is 151 Å². The van der Waals surface area contributed by atoms with Gasteiger partial charge in [0.15, 0.2) is 0 Å². The number of amides is 4. The SMILES string of the molecule is C=C[C@@H]1C[C@]1(NC(=O)[C@@H]1C[C@@]2(CN1C(=O)[C@@H](NC(=O)OC1CCCC1)C(C)C)C(C)(C)C21CCC1)C(=O)NS(=O)(=O)c1ccccc1. The molecule has 0 aromatic heterocycles. The number of fused-ring (bicyclic) bond motifs is 1. The molecule has 12 heteroatoms. The van der Waals surface area contributed by atoms with Crippen molar-refractivity contribution in [3.05, 3.63) is 43.0 Å². The van der Waals surface area contributed by atoms with E-state index >= 15 is 0 Å². The maximum absolute atomic E-state index is 14.4. The van der Waals surface area contributed by atoms with Gasteiger partial charge in [-0.3, -0.25) is 14.4 Å². The second kappa shape index (κ2) is 11.6. The van der Waals surface area contributed by atoms with E-state index in [4.69, 9.17) is 4.74 Å². The first-order chi connectivity index (χ1) is 22.1.